The molecule has 0 saturated carbocycles. The lowest BCUT2D eigenvalue weighted by Gasteiger charge is -2.18. The number of aryl methyl sites for hydroxylation is 2. The Morgan fingerprint density at radius 3 is 2.27 bits per heavy atom. The summed E-state index contributed by atoms with van der Waals surface area (Å²) in [4.78, 5) is 4.18. The van der Waals surface area contributed by atoms with Crippen molar-refractivity contribution in [3.05, 3.63) is 101 Å². The number of aromatic nitrogens is 1. The minimum absolute atomic E-state index is 0. The first-order valence-corrected chi connectivity index (χ1v) is 10.6. The topological polar surface area (TPSA) is 12.9 Å². The molecule has 1 nitrogen and oxygen atoms in total. The molecule has 30 heavy (non-hydrogen) atoms. The van der Waals surface area contributed by atoms with E-state index in [4.69, 9.17) is 11.6 Å². The van der Waals surface area contributed by atoms with Crippen molar-refractivity contribution in [3.63, 3.8) is 0 Å². The Kier molecular flexibility index (Phi) is 6.22. The summed E-state index contributed by atoms with van der Waals surface area (Å²) in [5.41, 5.74) is 4.16. The van der Waals surface area contributed by atoms with Crippen LogP contribution in [-0.4, -0.2) is 4.98 Å². The number of rotatable bonds is 0. The van der Waals surface area contributed by atoms with E-state index in [0.717, 1.165) is 15.9 Å². The zero-order valence-corrected chi connectivity index (χ0v) is 18.2. The quantitative estimate of drug-likeness (QED) is 0.225. The lowest BCUT2D eigenvalue weighted by molar-refractivity contribution is 0.690. The van der Waals surface area contributed by atoms with E-state index >= 15 is 0 Å². The number of fused-ring (bicyclic) bond motifs is 6. The number of nitrogens with zero attached hydrogens (tertiary/aromatic N) is 1. The van der Waals surface area contributed by atoms with Gasteiger partial charge in [0.15, 0.2) is 0 Å². The van der Waals surface area contributed by atoms with Crippen molar-refractivity contribution in [2.24, 2.45) is 0 Å². The minimum atomic E-state index is 0. The molecule has 0 N–H and O–H groups in total. The van der Waals surface area contributed by atoms with Gasteiger partial charge in [-0.2, -0.15) is 0 Å². The lowest BCUT2D eigenvalue weighted by Crippen LogP contribution is -2.03. The molecule has 150 valence electrons. The van der Waals surface area contributed by atoms with E-state index in [-0.39, 0.29) is 12.4 Å². The van der Waals surface area contributed by atoms with Crippen LogP contribution in [0.25, 0.3) is 32.4 Å². The molecule has 5 aromatic rings. The molecular formula is C27H23Cl2N. The molecule has 1 aromatic heterocycles. The predicted octanol–water partition coefficient (Wildman–Crippen LogP) is 8.18. The molecular weight excluding hydrogens is 409 g/mol. The van der Waals surface area contributed by atoms with E-state index in [1.54, 1.807) is 11.1 Å². The summed E-state index contributed by atoms with van der Waals surface area (Å²) in [6.45, 7) is 0. The maximum atomic E-state index is 6.30. The summed E-state index contributed by atoms with van der Waals surface area (Å²) in [5, 5.41) is 7.25. The van der Waals surface area contributed by atoms with E-state index in [0.29, 0.717) is 0 Å². The van der Waals surface area contributed by atoms with E-state index in [2.05, 4.69) is 47.4 Å². The third kappa shape index (κ3) is 3.88. The molecule has 3 heteroatoms. The van der Waals surface area contributed by atoms with Gasteiger partial charge in [-0.1, -0.05) is 72.3 Å². The molecule has 0 bridgehead atoms. The zero-order valence-electron chi connectivity index (χ0n) is 16.6. The van der Waals surface area contributed by atoms with Crippen molar-refractivity contribution >= 4 is 56.5 Å². The highest BCUT2D eigenvalue weighted by atomic mass is 35.5. The van der Waals surface area contributed by atoms with E-state index < -0.39 is 0 Å². The van der Waals surface area contributed by atoms with E-state index in [1.807, 2.05) is 42.6 Å². The zero-order chi connectivity index (χ0) is 19.6. The van der Waals surface area contributed by atoms with Gasteiger partial charge in [-0.05, 0) is 71.2 Å². The number of benzene rings is 4. The van der Waals surface area contributed by atoms with Crippen LogP contribution in [0.15, 0.2) is 85.1 Å². The Hall–Kier alpha value is -2.61. The average molecular weight is 432 g/mol. The summed E-state index contributed by atoms with van der Waals surface area (Å²) in [5.74, 6) is 0. The molecule has 0 atom stereocenters. The summed E-state index contributed by atoms with van der Waals surface area (Å²) < 4.78 is 0. The molecule has 1 heterocycles. The second-order valence-electron chi connectivity index (χ2n) is 7.60. The molecule has 1 aliphatic carbocycles. The standard InChI is InChI=1S/C18H15Cl.C9H7N.ClH/c19-18-7-3-6-14-16-9-8-12-4-1-2-5-13(12)15(16)10-11-17(14)18;1-2-6-9-8(4-1)5-3-7-10-9;/h3,6-11H,1-2,4-5H2;1-7H;1H. The number of hydrogen-bond donors (Lipinski definition) is 0. The second-order valence-corrected chi connectivity index (χ2v) is 8.01. The number of halogens is 2. The fourth-order valence-corrected chi connectivity index (χ4v) is 4.64. The molecule has 4 aromatic carbocycles. The Balaban J connectivity index is 0.000000168. The summed E-state index contributed by atoms with van der Waals surface area (Å²) in [6.07, 6.45) is 6.91. The second kappa shape index (κ2) is 9.04. The van der Waals surface area contributed by atoms with Gasteiger partial charge < -0.3 is 0 Å². The monoisotopic (exact) mass is 431 g/mol. The van der Waals surface area contributed by atoms with Gasteiger partial charge in [-0.3, -0.25) is 4.98 Å². The normalized spacial score (nSPS) is 12.7. The fourth-order valence-electron chi connectivity index (χ4n) is 4.41. The van der Waals surface area contributed by atoms with Crippen LogP contribution in [0.3, 0.4) is 0 Å². The van der Waals surface area contributed by atoms with Crippen molar-refractivity contribution < 1.29 is 0 Å². The summed E-state index contributed by atoms with van der Waals surface area (Å²) >= 11 is 6.30. The Morgan fingerprint density at radius 2 is 1.37 bits per heavy atom. The third-order valence-electron chi connectivity index (χ3n) is 5.85. The Bertz CT molecular complexity index is 1260. The predicted molar refractivity (Wildman–Crippen MR) is 132 cm³/mol. The largest absolute Gasteiger partial charge is 0.256 e. The van der Waals surface area contributed by atoms with Gasteiger partial charge in [0.25, 0.3) is 0 Å². The smallest absolute Gasteiger partial charge is 0.0701 e. The molecule has 0 spiro atoms. The van der Waals surface area contributed by atoms with Crippen molar-refractivity contribution in [3.8, 4) is 0 Å². The van der Waals surface area contributed by atoms with E-state index in [9.17, 15) is 0 Å². The van der Waals surface area contributed by atoms with Gasteiger partial charge in [0.2, 0.25) is 0 Å². The Labute approximate surface area is 188 Å². The molecule has 0 fully saturated rings. The van der Waals surface area contributed by atoms with Crippen LogP contribution >= 0.6 is 24.0 Å². The molecule has 0 amide bonds. The molecule has 0 unspecified atom stereocenters. The SMILES string of the molecule is Cl.Clc1cccc2c1ccc1c3c(ccc12)CCCC3.c1ccc2ncccc2c1. The van der Waals surface area contributed by atoms with Gasteiger partial charge in [0, 0.05) is 22.0 Å². The van der Waals surface area contributed by atoms with Crippen molar-refractivity contribution in [1.82, 2.24) is 4.98 Å². The van der Waals surface area contributed by atoms with Crippen molar-refractivity contribution in [2.75, 3.05) is 0 Å². The molecule has 0 saturated heterocycles. The highest BCUT2D eigenvalue weighted by molar-refractivity contribution is 6.36. The maximum absolute atomic E-state index is 6.30. The van der Waals surface area contributed by atoms with Crippen molar-refractivity contribution in [1.29, 1.82) is 0 Å². The van der Waals surface area contributed by atoms with Crippen molar-refractivity contribution in [2.45, 2.75) is 25.7 Å². The number of para-hydroxylation sites is 1. The van der Waals surface area contributed by atoms with Gasteiger partial charge in [-0.15, -0.1) is 12.4 Å². The van der Waals surface area contributed by atoms with Crippen LogP contribution in [0, 0.1) is 0 Å². The van der Waals surface area contributed by atoms with Crippen LogP contribution in [0.5, 0.6) is 0 Å². The fraction of sp³-hybridized carbons (Fsp3) is 0.148. The molecule has 0 radical (unpaired) electrons. The number of hydrogen-bond acceptors (Lipinski definition) is 1. The van der Waals surface area contributed by atoms with Gasteiger partial charge in [-0.25, -0.2) is 0 Å². The highest BCUT2D eigenvalue weighted by Gasteiger charge is 2.13. The summed E-state index contributed by atoms with van der Waals surface area (Å²) in [7, 11) is 0. The van der Waals surface area contributed by atoms with E-state index in [1.165, 1.54) is 47.2 Å². The first kappa shape index (κ1) is 20.7. The number of pyridine rings is 1. The maximum Gasteiger partial charge on any atom is 0.0701 e. The Morgan fingerprint density at radius 1 is 0.633 bits per heavy atom. The van der Waals surface area contributed by atoms with Crippen LogP contribution in [-0.2, 0) is 12.8 Å². The van der Waals surface area contributed by atoms with Crippen LogP contribution in [0.4, 0.5) is 0 Å². The van der Waals surface area contributed by atoms with Gasteiger partial charge >= 0.3 is 0 Å². The highest BCUT2D eigenvalue weighted by Crippen LogP contribution is 2.35. The molecule has 0 aliphatic heterocycles. The average Bonchev–Trinajstić information content (AvgIpc) is 2.79. The third-order valence-corrected chi connectivity index (χ3v) is 6.18. The molecule has 6 rings (SSSR count). The molecule has 1 aliphatic rings. The van der Waals surface area contributed by atoms with Crippen LogP contribution < -0.4 is 0 Å². The summed E-state index contributed by atoms with van der Waals surface area (Å²) in [6, 6.07) is 27.3. The van der Waals surface area contributed by atoms with Crippen LogP contribution in [0.1, 0.15) is 24.0 Å². The first-order valence-electron chi connectivity index (χ1n) is 10.2. The van der Waals surface area contributed by atoms with Gasteiger partial charge in [0.1, 0.15) is 0 Å². The van der Waals surface area contributed by atoms with Gasteiger partial charge in [0.05, 0.1) is 5.52 Å². The minimum Gasteiger partial charge on any atom is -0.256 e. The van der Waals surface area contributed by atoms with Crippen LogP contribution in [0.2, 0.25) is 5.02 Å². The lowest BCUT2D eigenvalue weighted by atomic mass is 9.86. The first-order chi connectivity index (χ1) is 14.3.